The number of nitrogens with zero attached hydrogens (tertiary/aromatic N) is 1. The molecule has 0 bridgehead atoms. The average molecular weight is 620 g/mol. The summed E-state index contributed by atoms with van der Waals surface area (Å²) in [6.45, 7) is 4.74. The number of carbonyl (C=O) groups is 1. The Labute approximate surface area is 259 Å². The van der Waals surface area contributed by atoms with Gasteiger partial charge in [-0.05, 0) is 19.3 Å². The quantitative estimate of drug-likeness (QED) is 0.0325. The summed E-state index contributed by atoms with van der Waals surface area (Å²) in [4.78, 5) is 22.8. The van der Waals surface area contributed by atoms with Gasteiger partial charge in [-0.2, -0.15) is 0 Å². The minimum absolute atomic E-state index is 0.0636. The van der Waals surface area contributed by atoms with Gasteiger partial charge in [-0.3, -0.25) is 13.8 Å². The molecule has 0 saturated heterocycles. The van der Waals surface area contributed by atoms with E-state index in [0.29, 0.717) is 17.4 Å². The number of hydrogen-bond donors (Lipinski definition) is 3. The van der Waals surface area contributed by atoms with Gasteiger partial charge in [-0.1, -0.05) is 129 Å². The van der Waals surface area contributed by atoms with Crippen LogP contribution in [-0.2, 0) is 18.4 Å². The van der Waals surface area contributed by atoms with Gasteiger partial charge < -0.3 is 19.8 Å². The van der Waals surface area contributed by atoms with Gasteiger partial charge in [-0.25, -0.2) is 4.57 Å². The third-order valence-corrected chi connectivity index (χ3v) is 8.49. The molecular formula is C33H68N2O6P+. The van der Waals surface area contributed by atoms with Gasteiger partial charge in [0, 0.05) is 6.42 Å². The Morgan fingerprint density at radius 2 is 1.26 bits per heavy atom. The lowest BCUT2D eigenvalue weighted by atomic mass is 10.0. The Bertz CT molecular complexity index is 713. The van der Waals surface area contributed by atoms with Crippen molar-refractivity contribution < 1.29 is 32.9 Å². The first kappa shape index (κ1) is 41.2. The van der Waals surface area contributed by atoms with Gasteiger partial charge in [-0.15, -0.1) is 0 Å². The van der Waals surface area contributed by atoms with Crippen LogP contribution in [0.2, 0.25) is 0 Å². The number of quaternary nitrogens is 1. The Morgan fingerprint density at radius 1 is 0.786 bits per heavy atom. The zero-order chi connectivity index (χ0) is 31.5. The Hall–Kier alpha value is -0.760. The summed E-state index contributed by atoms with van der Waals surface area (Å²) < 4.78 is 23.3. The molecule has 0 aliphatic rings. The third-order valence-electron chi connectivity index (χ3n) is 7.51. The predicted octanol–water partition coefficient (Wildman–Crippen LogP) is 8.07. The number of carbonyl (C=O) groups excluding carboxylic acids is 1. The molecule has 0 rings (SSSR count). The largest absolute Gasteiger partial charge is 0.472 e. The second-order valence-corrected chi connectivity index (χ2v) is 14.4. The van der Waals surface area contributed by atoms with Crippen LogP contribution in [0.3, 0.4) is 0 Å². The minimum atomic E-state index is -4.31. The van der Waals surface area contributed by atoms with Gasteiger partial charge in [0.25, 0.3) is 0 Å². The number of unbranched alkanes of at least 4 members (excludes halogenated alkanes) is 17. The number of likely N-dealkylation sites (N-methyl/N-ethyl adjacent to an activating group) is 1. The maximum atomic E-state index is 12.7. The number of allylic oxidation sites excluding steroid dienone is 1. The van der Waals surface area contributed by atoms with Crippen LogP contribution in [0, 0.1) is 0 Å². The highest BCUT2D eigenvalue weighted by Gasteiger charge is 2.27. The molecule has 3 atom stereocenters. The lowest BCUT2D eigenvalue weighted by Crippen LogP contribution is -2.45. The highest BCUT2D eigenvalue weighted by atomic mass is 31.2. The van der Waals surface area contributed by atoms with Crippen LogP contribution < -0.4 is 5.32 Å². The molecular weight excluding hydrogens is 551 g/mol. The highest BCUT2D eigenvalue weighted by molar-refractivity contribution is 7.47. The molecule has 1 unspecified atom stereocenters. The molecule has 0 aliphatic heterocycles. The van der Waals surface area contributed by atoms with Crippen LogP contribution >= 0.6 is 7.82 Å². The molecule has 8 nitrogen and oxygen atoms in total. The lowest BCUT2D eigenvalue weighted by Gasteiger charge is -2.25. The van der Waals surface area contributed by atoms with E-state index in [1.165, 1.54) is 83.5 Å². The SMILES string of the molecule is CCCCCCCCC/C=C\[C@@H](O)[C@H](COP(=O)(O)OCC[N+](C)(C)C)NC(=O)CCCCCCCCCCCCC. The standard InChI is InChI=1S/C33H67N2O6P/c1-6-8-10-12-14-16-17-19-21-23-25-27-33(37)34-31(30-41-42(38,39)40-29-28-35(3,4)5)32(36)26-24-22-20-18-15-13-11-9-7-2/h24,26,31-32,36H,6-23,25,27-30H2,1-5H3,(H-,34,37,38,39)/p+1/b26-24-/t31-,32+/m0/s1. The first-order valence-electron chi connectivity index (χ1n) is 17.1. The molecule has 0 heterocycles. The minimum Gasteiger partial charge on any atom is -0.387 e. The smallest absolute Gasteiger partial charge is 0.387 e. The molecule has 1 amide bonds. The summed E-state index contributed by atoms with van der Waals surface area (Å²) in [6.07, 6.45) is 25.6. The van der Waals surface area contributed by atoms with E-state index in [4.69, 9.17) is 9.05 Å². The van der Waals surface area contributed by atoms with Gasteiger partial charge in [0.2, 0.25) is 5.91 Å². The number of phosphoric ester groups is 1. The molecule has 0 fully saturated rings. The molecule has 0 aromatic carbocycles. The zero-order valence-electron chi connectivity index (χ0n) is 28.0. The van der Waals surface area contributed by atoms with E-state index in [9.17, 15) is 19.4 Å². The number of rotatable bonds is 30. The van der Waals surface area contributed by atoms with Crippen LogP contribution in [0.15, 0.2) is 12.2 Å². The second kappa shape index (κ2) is 26.6. The number of aliphatic hydroxyl groups excluding tert-OH is 1. The zero-order valence-corrected chi connectivity index (χ0v) is 28.9. The summed E-state index contributed by atoms with van der Waals surface area (Å²) in [5.41, 5.74) is 0. The first-order chi connectivity index (χ1) is 20.0. The van der Waals surface area contributed by atoms with E-state index < -0.39 is 20.0 Å². The maximum Gasteiger partial charge on any atom is 0.472 e. The number of nitrogens with one attached hydrogen (secondary N) is 1. The lowest BCUT2D eigenvalue weighted by molar-refractivity contribution is -0.870. The van der Waals surface area contributed by atoms with Crippen LogP contribution in [0.25, 0.3) is 0 Å². The molecule has 250 valence electrons. The van der Waals surface area contributed by atoms with Crippen LogP contribution in [0.1, 0.15) is 142 Å². The first-order valence-corrected chi connectivity index (χ1v) is 18.6. The maximum absolute atomic E-state index is 12.7. The average Bonchev–Trinajstić information content (AvgIpc) is 2.92. The topological polar surface area (TPSA) is 105 Å². The molecule has 0 saturated carbocycles. The summed E-state index contributed by atoms with van der Waals surface area (Å²) in [6, 6.07) is -0.835. The van der Waals surface area contributed by atoms with Crippen LogP contribution in [-0.4, -0.2) is 73.4 Å². The molecule has 9 heteroatoms. The number of hydrogen-bond acceptors (Lipinski definition) is 5. The van der Waals surface area contributed by atoms with Crippen molar-refractivity contribution in [2.45, 2.75) is 154 Å². The summed E-state index contributed by atoms with van der Waals surface area (Å²) >= 11 is 0. The van der Waals surface area contributed by atoms with Crippen LogP contribution in [0.5, 0.6) is 0 Å². The van der Waals surface area contributed by atoms with E-state index in [-0.39, 0.29) is 19.1 Å². The molecule has 42 heavy (non-hydrogen) atoms. The normalized spacial score (nSPS) is 15.1. The molecule has 3 N–H and O–H groups in total. The van der Waals surface area contributed by atoms with E-state index in [2.05, 4.69) is 19.2 Å². The number of amides is 1. The molecule has 0 radical (unpaired) electrons. The molecule has 0 aromatic rings. The van der Waals surface area contributed by atoms with Crippen molar-refractivity contribution in [3.63, 3.8) is 0 Å². The second-order valence-electron chi connectivity index (χ2n) is 12.9. The van der Waals surface area contributed by atoms with E-state index in [1.807, 2.05) is 27.2 Å². The van der Waals surface area contributed by atoms with Crippen molar-refractivity contribution in [3.8, 4) is 0 Å². The van der Waals surface area contributed by atoms with Crippen molar-refractivity contribution in [1.82, 2.24) is 5.32 Å². The fourth-order valence-corrected chi connectivity index (χ4v) is 5.42. The van der Waals surface area contributed by atoms with Crippen molar-refractivity contribution in [3.05, 3.63) is 12.2 Å². The summed E-state index contributed by atoms with van der Waals surface area (Å²) in [7, 11) is 1.57. The van der Waals surface area contributed by atoms with Crippen molar-refractivity contribution >= 4 is 13.7 Å². The molecule has 0 aliphatic carbocycles. The third kappa shape index (κ3) is 28.0. The van der Waals surface area contributed by atoms with Crippen LogP contribution in [0.4, 0.5) is 0 Å². The molecule has 0 spiro atoms. The Morgan fingerprint density at radius 3 is 1.76 bits per heavy atom. The number of phosphoric acid groups is 1. The van der Waals surface area contributed by atoms with Crippen molar-refractivity contribution in [1.29, 1.82) is 0 Å². The van der Waals surface area contributed by atoms with Crippen molar-refractivity contribution in [2.75, 3.05) is 40.9 Å². The Balaban J connectivity index is 4.60. The monoisotopic (exact) mass is 619 g/mol. The van der Waals surface area contributed by atoms with E-state index in [0.717, 1.165) is 38.5 Å². The summed E-state index contributed by atoms with van der Waals surface area (Å²) in [5.74, 6) is -0.183. The summed E-state index contributed by atoms with van der Waals surface area (Å²) in [5, 5.41) is 13.6. The van der Waals surface area contributed by atoms with Crippen molar-refractivity contribution in [2.24, 2.45) is 0 Å². The van der Waals surface area contributed by atoms with Gasteiger partial charge >= 0.3 is 7.82 Å². The fourth-order valence-electron chi connectivity index (χ4n) is 4.69. The van der Waals surface area contributed by atoms with E-state index >= 15 is 0 Å². The fraction of sp³-hybridized carbons (Fsp3) is 0.909. The number of aliphatic hydroxyl groups is 1. The van der Waals surface area contributed by atoms with Gasteiger partial charge in [0.1, 0.15) is 13.2 Å². The Kier molecular flexibility index (Phi) is 26.1. The molecule has 0 aromatic heterocycles. The predicted molar refractivity (Wildman–Crippen MR) is 175 cm³/mol. The highest BCUT2D eigenvalue weighted by Crippen LogP contribution is 2.43. The van der Waals surface area contributed by atoms with E-state index in [1.54, 1.807) is 6.08 Å². The van der Waals surface area contributed by atoms with Gasteiger partial charge in [0.05, 0.1) is 39.9 Å². The van der Waals surface area contributed by atoms with Gasteiger partial charge in [0.15, 0.2) is 0 Å².